The van der Waals surface area contributed by atoms with E-state index in [1.165, 1.54) is 5.56 Å². The Morgan fingerprint density at radius 3 is 2.91 bits per heavy atom. The third kappa shape index (κ3) is 5.29. The quantitative estimate of drug-likeness (QED) is 0.512. The SMILES string of the molecule is CC(c1ccccc1CO)N1CCC(C(F)(F)CCCCc2ccc3c(n2)NCCC3)C1. The summed E-state index contributed by atoms with van der Waals surface area (Å²) in [7, 11) is 0. The zero-order valence-corrected chi connectivity index (χ0v) is 19.0. The number of aliphatic hydroxyl groups is 1. The van der Waals surface area contributed by atoms with E-state index in [0.717, 1.165) is 54.9 Å². The van der Waals surface area contributed by atoms with Crippen LogP contribution in [0.25, 0.3) is 0 Å². The van der Waals surface area contributed by atoms with Gasteiger partial charge in [-0.15, -0.1) is 0 Å². The molecule has 1 aromatic heterocycles. The Balaban J connectivity index is 1.26. The number of anilines is 1. The number of unbranched alkanes of at least 4 members (excludes halogenated alkanes) is 1. The maximum Gasteiger partial charge on any atom is 0.252 e. The van der Waals surface area contributed by atoms with Gasteiger partial charge in [-0.3, -0.25) is 4.90 Å². The Hall–Kier alpha value is -2.05. The van der Waals surface area contributed by atoms with E-state index in [9.17, 15) is 13.9 Å². The molecule has 4 nitrogen and oxygen atoms in total. The fourth-order valence-corrected chi connectivity index (χ4v) is 5.15. The number of fused-ring (bicyclic) bond motifs is 1. The lowest BCUT2D eigenvalue weighted by atomic mass is 9.95. The number of halogens is 2. The molecule has 6 heteroatoms. The molecule has 174 valence electrons. The van der Waals surface area contributed by atoms with E-state index in [1.54, 1.807) is 0 Å². The van der Waals surface area contributed by atoms with Crippen LogP contribution in [0.15, 0.2) is 36.4 Å². The lowest BCUT2D eigenvalue weighted by molar-refractivity contribution is -0.0637. The number of pyridine rings is 1. The summed E-state index contributed by atoms with van der Waals surface area (Å²) in [5.41, 5.74) is 4.16. The highest BCUT2D eigenvalue weighted by Crippen LogP contribution is 2.39. The number of nitrogens with zero attached hydrogens (tertiary/aromatic N) is 2. The minimum atomic E-state index is -2.64. The molecule has 0 amide bonds. The van der Waals surface area contributed by atoms with Crippen molar-refractivity contribution in [3.63, 3.8) is 0 Å². The minimum absolute atomic E-state index is 0.0247. The number of aliphatic hydroxyl groups excluding tert-OH is 1. The van der Waals surface area contributed by atoms with Crippen molar-refractivity contribution < 1.29 is 13.9 Å². The first-order valence-electron chi connectivity index (χ1n) is 12.0. The van der Waals surface area contributed by atoms with Crippen LogP contribution >= 0.6 is 0 Å². The van der Waals surface area contributed by atoms with Crippen molar-refractivity contribution in [3.05, 3.63) is 58.8 Å². The average molecular weight is 444 g/mol. The van der Waals surface area contributed by atoms with E-state index >= 15 is 0 Å². The summed E-state index contributed by atoms with van der Waals surface area (Å²) in [5.74, 6) is -2.27. The van der Waals surface area contributed by atoms with Crippen LogP contribution in [0.5, 0.6) is 0 Å². The van der Waals surface area contributed by atoms with Crippen molar-refractivity contribution in [2.75, 3.05) is 25.0 Å². The molecule has 2 aromatic rings. The number of hydrogen-bond acceptors (Lipinski definition) is 4. The molecule has 0 bridgehead atoms. The van der Waals surface area contributed by atoms with E-state index in [0.29, 0.717) is 25.9 Å². The number of benzene rings is 1. The van der Waals surface area contributed by atoms with Crippen molar-refractivity contribution in [3.8, 4) is 0 Å². The number of aryl methyl sites for hydroxylation is 2. The number of rotatable bonds is 9. The van der Waals surface area contributed by atoms with Gasteiger partial charge in [0, 0.05) is 37.2 Å². The van der Waals surface area contributed by atoms with Gasteiger partial charge in [-0.25, -0.2) is 13.8 Å². The average Bonchev–Trinajstić information content (AvgIpc) is 3.33. The molecule has 2 N–H and O–H groups in total. The Bertz CT molecular complexity index is 904. The summed E-state index contributed by atoms with van der Waals surface area (Å²) in [6.45, 7) is 4.07. The van der Waals surface area contributed by atoms with E-state index in [1.807, 2.05) is 30.3 Å². The van der Waals surface area contributed by atoms with Crippen molar-refractivity contribution >= 4 is 5.82 Å². The molecule has 1 aromatic carbocycles. The molecule has 2 aliphatic rings. The minimum Gasteiger partial charge on any atom is -0.392 e. The number of aromatic nitrogens is 1. The second-order valence-corrected chi connectivity index (χ2v) is 9.32. The molecule has 2 aliphatic heterocycles. The summed E-state index contributed by atoms with van der Waals surface area (Å²) < 4.78 is 29.9. The summed E-state index contributed by atoms with van der Waals surface area (Å²) in [6.07, 6.45) is 4.65. The zero-order chi connectivity index (χ0) is 22.6. The molecule has 1 fully saturated rings. The van der Waals surface area contributed by atoms with Gasteiger partial charge in [0.1, 0.15) is 5.82 Å². The summed E-state index contributed by atoms with van der Waals surface area (Å²) in [5, 5.41) is 12.9. The maximum absolute atomic E-state index is 15.0. The van der Waals surface area contributed by atoms with Gasteiger partial charge in [0.25, 0.3) is 5.92 Å². The molecule has 4 rings (SSSR count). The van der Waals surface area contributed by atoms with Gasteiger partial charge in [0.05, 0.1) is 6.61 Å². The van der Waals surface area contributed by atoms with Crippen molar-refractivity contribution in [2.24, 2.45) is 5.92 Å². The van der Waals surface area contributed by atoms with Gasteiger partial charge >= 0.3 is 0 Å². The highest BCUT2D eigenvalue weighted by Gasteiger charge is 2.43. The topological polar surface area (TPSA) is 48.4 Å². The molecule has 2 unspecified atom stereocenters. The second kappa shape index (κ2) is 10.3. The second-order valence-electron chi connectivity index (χ2n) is 9.32. The summed E-state index contributed by atoms with van der Waals surface area (Å²) >= 11 is 0. The third-order valence-electron chi connectivity index (χ3n) is 7.19. The standard InChI is InChI=1S/C26H35F2N3O/c1-19(24-10-3-2-7-21(24)18-32)31-16-13-22(17-31)26(27,28)14-5-4-9-23-12-11-20-8-6-15-29-25(20)30-23/h2-3,7,10-12,19,22,32H,4-6,8-9,13-18H2,1H3,(H,29,30). The largest absolute Gasteiger partial charge is 0.392 e. The van der Waals surface area contributed by atoms with E-state index < -0.39 is 11.8 Å². The van der Waals surface area contributed by atoms with Crippen LogP contribution in [0.3, 0.4) is 0 Å². The Kier molecular flexibility index (Phi) is 7.41. The molecular weight excluding hydrogens is 408 g/mol. The van der Waals surface area contributed by atoms with Gasteiger partial charge in [-0.05, 0) is 74.8 Å². The first-order chi connectivity index (χ1) is 15.5. The van der Waals surface area contributed by atoms with E-state index in [2.05, 4.69) is 28.2 Å². The van der Waals surface area contributed by atoms with Crippen molar-refractivity contribution in [1.82, 2.24) is 9.88 Å². The van der Waals surface area contributed by atoms with Crippen molar-refractivity contribution in [1.29, 1.82) is 0 Å². The molecule has 3 heterocycles. The van der Waals surface area contributed by atoms with Crippen LogP contribution in [0.2, 0.25) is 0 Å². The van der Waals surface area contributed by atoms with Gasteiger partial charge in [-0.2, -0.15) is 0 Å². The van der Waals surface area contributed by atoms with Crippen LogP contribution in [-0.2, 0) is 19.4 Å². The number of nitrogens with one attached hydrogen (secondary N) is 1. The first-order valence-corrected chi connectivity index (χ1v) is 12.0. The Labute approximate surface area is 190 Å². The molecule has 2 atom stereocenters. The zero-order valence-electron chi connectivity index (χ0n) is 19.0. The number of alkyl halides is 2. The third-order valence-corrected chi connectivity index (χ3v) is 7.19. The highest BCUT2D eigenvalue weighted by molar-refractivity contribution is 5.47. The maximum atomic E-state index is 15.0. The van der Waals surface area contributed by atoms with Crippen molar-refractivity contribution in [2.45, 2.75) is 70.4 Å². The molecule has 1 saturated heterocycles. The normalized spacial score (nSPS) is 20.1. The predicted octanol–water partition coefficient (Wildman–Crippen LogP) is 5.36. The lowest BCUT2D eigenvalue weighted by Gasteiger charge is -2.28. The molecule has 0 radical (unpaired) electrons. The van der Waals surface area contributed by atoms with Crippen LogP contribution < -0.4 is 5.32 Å². The molecule has 0 aliphatic carbocycles. The monoisotopic (exact) mass is 443 g/mol. The highest BCUT2D eigenvalue weighted by atomic mass is 19.3. The smallest absolute Gasteiger partial charge is 0.252 e. The fourth-order valence-electron chi connectivity index (χ4n) is 5.15. The fraction of sp³-hybridized carbons (Fsp3) is 0.577. The number of hydrogen-bond donors (Lipinski definition) is 2. The summed E-state index contributed by atoms with van der Waals surface area (Å²) in [6, 6.07) is 11.9. The van der Waals surface area contributed by atoms with E-state index in [-0.39, 0.29) is 19.1 Å². The Morgan fingerprint density at radius 2 is 2.06 bits per heavy atom. The first kappa shape index (κ1) is 23.1. The van der Waals surface area contributed by atoms with Crippen LogP contribution in [0.1, 0.15) is 67.5 Å². The van der Waals surface area contributed by atoms with Gasteiger partial charge in [-0.1, -0.05) is 30.3 Å². The molecule has 32 heavy (non-hydrogen) atoms. The van der Waals surface area contributed by atoms with Gasteiger partial charge in [0.2, 0.25) is 0 Å². The Morgan fingerprint density at radius 1 is 1.22 bits per heavy atom. The lowest BCUT2D eigenvalue weighted by Crippen LogP contribution is -2.32. The number of likely N-dealkylation sites (tertiary alicyclic amines) is 1. The molecular formula is C26H35F2N3O. The van der Waals surface area contributed by atoms with Gasteiger partial charge in [0.15, 0.2) is 0 Å². The molecule has 0 spiro atoms. The van der Waals surface area contributed by atoms with Crippen LogP contribution in [-0.4, -0.2) is 40.5 Å². The predicted molar refractivity (Wildman–Crippen MR) is 124 cm³/mol. The van der Waals surface area contributed by atoms with E-state index in [4.69, 9.17) is 0 Å². The van der Waals surface area contributed by atoms with Gasteiger partial charge < -0.3 is 10.4 Å². The van der Waals surface area contributed by atoms with Crippen LogP contribution in [0.4, 0.5) is 14.6 Å². The van der Waals surface area contributed by atoms with Crippen LogP contribution in [0, 0.1) is 5.92 Å². The summed E-state index contributed by atoms with van der Waals surface area (Å²) in [4.78, 5) is 6.81. The molecule has 0 saturated carbocycles.